The molecule has 0 N–H and O–H groups in total. The Morgan fingerprint density at radius 2 is 1.45 bits per heavy atom. The molecule has 0 aliphatic rings. The number of rotatable bonds is 13. The van der Waals surface area contributed by atoms with Gasteiger partial charge in [-0.2, -0.15) is 0 Å². The zero-order valence-corrected chi connectivity index (χ0v) is 18.5. The predicted octanol–water partition coefficient (Wildman–Crippen LogP) is 6.38. The summed E-state index contributed by atoms with van der Waals surface area (Å²) in [5, 5.41) is 0. The highest BCUT2D eigenvalue weighted by Gasteiger charge is 2.19. The Hall–Kier alpha value is -3.08. The van der Waals surface area contributed by atoms with Crippen molar-refractivity contribution in [2.45, 2.75) is 52.4 Å². The fourth-order valence-corrected chi connectivity index (χ4v) is 2.93. The minimum atomic E-state index is -0.581. The number of hydrogen-bond donors (Lipinski definition) is 0. The van der Waals surface area contributed by atoms with Crippen LogP contribution in [0.25, 0.3) is 0 Å². The van der Waals surface area contributed by atoms with Crippen molar-refractivity contribution in [3.63, 3.8) is 0 Å². The van der Waals surface area contributed by atoms with Crippen molar-refractivity contribution in [2.75, 3.05) is 13.2 Å². The number of allylic oxidation sites excluding steroid dienone is 1. The van der Waals surface area contributed by atoms with Gasteiger partial charge in [0.15, 0.2) is 0 Å². The lowest BCUT2D eigenvalue weighted by Crippen LogP contribution is -2.14. The molecule has 0 aliphatic carbocycles. The van der Waals surface area contributed by atoms with Crippen LogP contribution in [0.1, 0.15) is 73.1 Å². The molecule has 2 aromatic carbocycles. The maximum absolute atomic E-state index is 12.8. The number of ether oxygens (including phenoxy) is 3. The second-order valence-electron chi connectivity index (χ2n) is 7.10. The first kappa shape index (κ1) is 24.2. The number of carbonyl (C=O) groups excluding carboxylic acids is 2. The van der Waals surface area contributed by atoms with E-state index < -0.39 is 11.9 Å². The molecule has 2 rings (SSSR count). The number of para-hydroxylation sites is 2. The van der Waals surface area contributed by atoms with Crippen LogP contribution in [0, 0.1) is 0 Å². The molecular weight excluding hydrogens is 392 g/mol. The minimum Gasteiger partial charge on any atom is -0.492 e. The number of esters is 2. The quantitative estimate of drug-likeness (QED) is 0.162. The molecular formula is C26H32O5. The largest absolute Gasteiger partial charge is 0.492 e. The molecule has 0 fully saturated rings. The highest BCUT2D eigenvalue weighted by atomic mass is 16.6. The van der Waals surface area contributed by atoms with Gasteiger partial charge >= 0.3 is 11.9 Å². The lowest BCUT2D eigenvalue weighted by atomic mass is 10.2. The summed E-state index contributed by atoms with van der Waals surface area (Å²) in [6.45, 7) is 5.01. The minimum absolute atomic E-state index is 0.173. The van der Waals surface area contributed by atoms with Crippen LogP contribution in [0.3, 0.4) is 0 Å². The van der Waals surface area contributed by atoms with E-state index in [0.29, 0.717) is 24.5 Å². The first-order valence-corrected chi connectivity index (χ1v) is 11.0. The molecule has 0 radical (unpaired) electrons. The second kappa shape index (κ2) is 14.0. The van der Waals surface area contributed by atoms with Gasteiger partial charge in [-0.05, 0) is 43.5 Å². The molecule has 0 unspecified atom stereocenters. The van der Waals surface area contributed by atoms with Crippen LogP contribution in [0.15, 0.2) is 60.7 Å². The first-order valence-electron chi connectivity index (χ1n) is 11.0. The standard InChI is InChI=1S/C26H32O5/c1-3-5-7-13-19-29-23-17-11-9-15-21(23)26(28)31-24-18-12-10-16-22(24)25(27)30-20-14-8-6-4-2/h5,7,9-12,15-18H,3-4,6,8,13-14,19-20H2,1-2H3/b7-5-. The Morgan fingerprint density at radius 3 is 2.16 bits per heavy atom. The Labute approximate surface area is 185 Å². The van der Waals surface area contributed by atoms with E-state index in [-0.39, 0.29) is 11.3 Å². The van der Waals surface area contributed by atoms with E-state index in [0.717, 1.165) is 38.5 Å². The molecule has 0 aliphatic heterocycles. The number of benzene rings is 2. The fraction of sp³-hybridized carbons (Fsp3) is 0.385. The zero-order valence-electron chi connectivity index (χ0n) is 18.5. The van der Waals surface area contributed by atoms with Gasteiger partial charge in [0.25, 0.3) is 0 Å². The SMILES string of the molecule is CC/C=C\CCOc1ccccc1C(=O)Oc1ccccc1C(=O)OCCCCCC. The lowest BCUT2D eigenvalue weighted by Gasteiger charge is -2.12. The Kier molecular flexibility index (Phi) is 10.9. The van der Waals surface area contributed by atoms with Gasteiger partial charge in [-0.25, -0.2) is 9.59 Å². The normalized spacial score (nSPS) is 10.8. The molecule has 0 aromatic heterocycles. The molecule has 0 spiro atoms. The summed E-state index contributed by atoms with van der Waals surface area (Å²) in [6.07, 6.45) is 9.92. The van der Waals surface area contributed by atoms with E-state index >= 15 is 0 Å². The molecule has 0 amide bonds. The lowest BCUT2D eigenvalue weighted by molar-refractivity contribution is 0.0492. The Morgan fingerprint density at radius 1 is 0.774 bits per heavy atom. The van der Waals surface area contributed by atoms with Gasteiger partial charge in [0.1, 0.15) is 22.6 Å². The van der Waals surface area contributed by atoms with Crippen LogP contribution in [-0.2, 0) is 4.74 Å². The van der Waals surface area contributed by atoms with Gasteiger partial charge in [0.05, 0.1) is 13.2 Å². The topological polar surface area (TPSA) is 61.8 Å². The smallest absolute Gasteiger partial charge is 0.347 e. The third-order valence-electron chi connectivity index (χ3n) is 4.59. The Bertz CT molecular complexity index is 856. The maximum atomic E-state index is 12.8. The third-order valence-corrected chi connectivity index (χ3v) is 4.59. The fourth-order valence-electron chi connectivity index (χ4n) is 2.93. The van der Waals surface area contributed by atoms with E-state index in [1.807, 2.05) is 6.08 Å². The van der Waals surface area contributed by atoms with Gasteiger partial charge in [0.2, 0.25) is 0 Å². The van der Waals surface area contributed by atoms with Crippen molar-refractivity contribution in [1.82, 2.24) is 0 Å². The molecule has 0 saturated carbocycles. The van der Waals surface area contributed by atoms with Gasteiger partial charge < -0.3 is 14.2 Å². The van der Waals surface area contributed by atoms with Gasteiger partial charge in [-0.1, -0.05) is 69.5 Å². The number of unbranched alkanes of at least 4 members (excludes halogenated alkanes) is 3. The third kappa shape index (κ3) is 8.28. The van der Waals surface area contributed by atoms with E-state index in [2.05, 4.69) is 19.9 Å². The predicted molar refractivity (Wildman–Crippen MR) is 122 cm³/mol. The monoisotopic (exact) mass is 424 g/mol. The zero-order chi connectivity index (χ0) is 22.3. The molecule has 31 heavy (non-hydrogen) atoms. The van der Waals surface area contributed by atoms with Crippen molar-refractivity contribution in [3.05, 3.63) is 71.8 Å². The molecule has 0 bridgehead atoms. The van der Waals surface area contributed by atoms with E-state index in [9.17, 15) is 9.59 Å². The van der Waals surface area contributed by atoms with Crippen LogP contribution in [0.2, 0.25) is 0 Å². The summed E-state index contributed by atoms with van der Waals surface area (Å²) in [5.41, 5.74) is 0.541. The van der Waals surface area contributed by atoms with Crippen molar-refractivity contribution < 1.29 is 23.8 Å². The van der Waals surface area contributed by atoms with Crippen molar-refractivity contribution in [3.8, 4) is 11.5 Å². The van der Waals surface area contributed by atoms with Crippen LogP contribution < -0.4 is 9.47 Å². The van der Waals surface area contributed by atoms with E-state index in [1.165, 1.54) is 0 Å². The van der Waals surface area contributed by atoms with Crippen LogP contribution in [0.5, 0.6) is 11.5 Å². The molecule has 2 aromatic rings. The molecule has 0 heterocycles. The second-order valence-corrected chi connectivity index (χ2v) is 7.10. The molecule has 0 saturated heterocycles. The highest BCUT2D eigenvalue weighted by Crippen LogP contribution is 2.24. The van der Waals surface area contributed by atoms with Gasteiger partial charge in [0, 0.05) is 0 Å². The molecule has 166 valence electrons. The summed E-state index contributed by atoms with van der Waals surface area (Å²) < 4.78 is 16.7. The molecule has 0 atom stereocenters. The molecule has 5 heteroatoms. The van der Waals surface area contributed by atoms with Gasteiger partial charge in [-0.3, -0.25) is 0 Å². The average Bonchev–Trinajstić information content (AvgIpc) is 2.79. The summed E-state index contributed by atoms with van der Waals surface area (Å²) in [6, 6.07) is 13.5. The van der Waals surface area contributed by atoms with Gasteiger partial charge in [-0.15, -0.1) is 0 Å². The van der Waals surface area contributed by atoms with E-state index in [4.69, 9.17) is 14.2 Å². The van der Waals surface area contributed by atoms with Crippen LogP contribution in [-0.4, -0.2) is 25.2 Å². The Balaban J connectivity index is 2.03. The summed E-state index contributed by atoms with van der Waals surface area (Å²) in [5.74, 6) is -0.449. The summed E-state index contributed by atoms with van der Waals surface area (Å²) in [7, 11) is 0. The van der Waals surface area contributed by atoms with Crippen molar-refractivity contribution in [2.24, 2.45) is 0 Å². The van der Waals surface area contributed by atoms with Crippen LogP contribution in [0.4, 0.5) is 0 Å². The summed E-state index contributed by atoms with van der Waals surface area (Å²) in [4.78, 5) is 25.3. The molecule has 5 nitrogen and oxygen atoms in total. The van der Waals surface area contributed by atoms with Crippen molar-refractivity contribution in [1.29, 1.82) is 0 Å². The van der Waals surface area contributed by atoms with E-state index in [1.54, 1.807) is 48.5 Å². The highest BCUT2D eigenvalue weighted by molar-refractivity contribution is 5.97. The summed E-state index contributed by atoms with van der Waals surface area (Å²) >= 11 is 0. The maximum Gasteiger partial charge on any atom is 0.347 e. The average molecular weight is 425 g/mol. The first-order chi connectivity index (χ1) is 15.2. The number of hydrogen-bond acceptors (Lipinski definition) is 5. The van der Waals surface area contributed by atoms with Crippen LogP contribution >= 0.6 is 0 Å². The number of carbonyl (C=O) groups is 2. The van der Waals surface area contributed by atoms with Crippen molar-refractivity contribution >= 4 is 11.9 Å².